The smallest absolute Gasteiger partial charge is 0.0666 e. The van der Waals surface area contributed by atoms with Crippen molar-refractivity contribution in [2.24, 2.45) is 0 Å². The Hall–Kier alpha value is -2.59. The van der Waals surface area contributed by atoms with E-state index in [9.17, 15) is 0 Å². The van der Waals surface area contributed by atoms with Gasteiger partial charge in [-0.05, 0) is 43.2 Å². The fourth-order valence-corrected chi connectivity index (χ4v) is 3.64. The molecule has 1 aliphatic rings. The van der Waals surface area contributed by atoms with Crippen molar-refractivity contribution in [2.45, 2.75) is 32.0 Å². The van der Waals surface area contributed by atoms with Crippen molar-refractivity contribution in [3.05, 3.63) is 78.6 Å². The lowest BCUT2D eigenvalue weighted by molar-refractivity contribution is 0.259. The van der Waals surface area contributed by atoms with Crippen LogP contribution in [-0.2, 0) is 6.54 Å². The lowest BCUT2D eigenvalue weighted by atomic mass is 10.1. The molecule has 0 radical (unpaired) electrons. The standard InChI is InChI=1S/C21H24N4/c1-17-13-20(16-24(17)15-18-7-3-2-4-8-18)23-19-9-5-10-21(14-19)25-12-6-11-22-25/h2-12,14,17,20,23H,13,15-16H2,1H3. The number of likely N-dealkylation sites (tertiary alicyclic amines) is 1. The zero-order valence-corrected chi connectivity index (χ0v) is 14.5. The van der Waals surface area contributed by atoms with E-state index in [0.717, 1.165) is 24.5 Å². The Morgan fingerprint density at radius 2 is 1.96 bits per heavy atom. The molecule has 3 aromatic rings. The third-order valence-electron chi connectivity index (χ3n) is 4.92. The topological polar surface area (TPSA) is 33.1 Å². The van der Waals surface area contributed by atoms with Gasteiger partial charge in [-0.3, -0.25) is 4.90 Å². The lowest BCUT2D eigenvalue weighted by Crippen LogP contribution is -2.28. The molecule has 128 valence electrons. The number of hydrogen-bond donors (Lipinski definition) is 1. The molecule has 4 heteroatoms. The highest BCUT2D eigenvalue weighted by Gasteiger charge is 2.28. The Kier molecular flexibility index (Phi) is 4.53. The van der Waals surface area contributed by atoms with Gasteiger partial charge in [0.2, 0.25) is 0 Å². The molecule has 2 atom stereocenters. The van der Waals surface area contributed by atoms with E-state index in [2.05, 4.69) is 76.8 Å². The molecule has 1 fully saturated rings. The molecule has 0 bridgehead atoms. The molecule has 0 spiro atoms. The normalized spacial score (nSPS) is 20.7. The highest BCUT2D eigenvalue weighted by atomic mass is 15.3. The maximum Gasteiger partial charge on any atom is 0.0666 e. The number of hydrogen-bond acceptors (Lipinski definition) is 3. The second kappa shape index (κ2) is 7.11. The van der Waals surface area contributed by atoms with E-state index in [-0.39, 0.29) is 0 Å². The zero-order valence-electron chi connectivity index (χ0n) is 14.5. The Morgan fingerprint density at radius 1 is 1.08 bits per heavy atom. The summed E-state index contributed by atoms with van der Waals surface area (Å²) in [7, 11) is 0. The first kappa shape index (κ1) is 15.9. The van der Waals surface area contributed by atoms with Gasteiger partial charge in [-0.1, -0.05) is 36.4 Å². The van der Waals surface area contributed by atoms with Crippen LogP contribution in [0.25, 0.3) is 5.69 Å². The molecular formula is C21H24N4. The molecule has 0 amide bonds. The minimum atomic E-state index is 0.478. The number of nitrogens with one attached hydrogen (secondary N) is 1. The molecule has 1 aromatic heterocycles. The monoisotopic (exact) mass is 332 g/mol. The van der Waals surface area contributed by atoms with E-state index >= 15 is 0 Å². The number of benzene rings is 2. The van der Waals surface area contributed by atoms with Crippen LogP contribution in [0, 0.1) is 0 Å². The Bertz CT molecular complexity index is 798. The molecule has 0 aliphatic carbocycles. The van der Waals surface area contributed by atoms with Crippen molar-refractivity contribution < 1.29 is 0 Å². The van der Waals surface area contributed by atoms with E-state index in [4.69, 9.17) is 0 Å². The molecule has 1 aliphatic heterocycles. The Balaban J connectivity index is 1.41. The van der Waals surface area contributed by atoms with Gasteiger partial charge < -0.3 is 5.32 Å². The number of anilines is 1. The van der Waals surface area contributed by atoms with Crippen molar-refractivity contribution in [1.29, 1.82) is 0 Å². The third-order valence-corrected chi connectivity index (χ3v) is 4.92. The zero-order chi connectivity index (χ0) is 17.1. The number of aromatic nitrogens is 2. The van der Waals surface area contributed by atoms with Crippen LogP contribution >= 0.6 is 0 Å². The van der Waals surface area contributed by atoms with Crippen LogP contribution < -0.4 is 5.32 Å². The van der Waals surface area contributed by atoms with Gasteiger partial charge >= 0.3 is 0 Å². The number of nitrogens with zero attached hydrogens (tertiary/aromatic N) is 3. The van der Waals surface area contributed by atoms with Gasteiger partial charge in [-0.25, -0.2) is 4.68 Å². The summed E-state index contributed by atoms with van der Waals surface area (Å²) in [6, 6.07) is 22.2. The van der Waals surface area contributed by atoms with Gasteiger partial charge in [-0.15, -0.1) is 0 Å². The van der Waals surface area contributed by atoms with Gasteiger partial charge in [-0.2, -0.15) is 5.10 Å². The summed E-state index contributed by atoms with van der Waals surface area (Å²) < 4.78 is 1.89. The van der Waals surface area contributed by atoms with E-state index in [1.807, 2.05) is 16.9 Å². The van der Waals surface area contributed by atoms with Crippen molar-refractivity contribution in [3.63, 3.8) is 0 Å². The molecule has 25 heavy (non-hydrogen) atoms. The summed E-state index contributed by atoms with van der Waals surface area (Å²) in [5.41, 5.74) is 3.63. The van der Waals surface area contributed by atoms with Crippen molar-refractivity contribution >= 4 is 5.69 Å². The van der Waals surface area contributed by atoms with Crippen LogP contribution in [0.1, 0.15) is 18.9 Å². The maximum atomic E-state index is 4.31. The third kappa shape index (κ3) is 3.74. The van der Waals surface area contributed by atoms with Crippen LogP contribution in [0.15, 0.2) is 73.1 Å². The van der Waals surface area contributed by atoms with Crippen LogP contribution in [0.3, 0.4) is 0 Å². The summed E-state index contributed by atoms with van der Waals surface area (Å²) in [6.07, 6.45) is 4.94. The molecule has 1 saturated heterocycles. The van der Waals surface area contributed by atoms with Gasteiger partial charge in [0.1, 0.15) is 0 Å². The van der Waals surface area contributed by atoms with Crippen LogP contribution in [0.5, 0.6) is 0 Å². The predicted octanol–water partition coefficient (Wildman–Crippen LogP) is 3.95. The first-order valence-corrected chi connectivity index (χ1v) is 8.92. The Morgan fingerprint density at radius 3 is 2.76 bits per heavy atom. The quantitative estimate of drug-likeness (QED) is 0.768. The molecule has 4 nitrogen and oxygen atoms in total. The van der Waals surface area contributed by atoms with Gasteiger partial charge in [0.25, 0.3) is 0 Å². The summed E-state index contributed by atoms with van der Waals surface area (Å²) in [4.78, 5) is 2.56. The van der Waals surface area contributed by atoms with Gasteiger partial charge in [0, 0.05) is 43.3 Å². The lowest BCUT2D eigenvalue weighted by Gasteiger charge is -2.21. The molecule has 0 saturated carbocycles. The average molecular weight is 332 g/mol. The van der Waals surface area contributed by atoms with Crippen molar-refractivity contribution in [1.82, 2.24) is 14.7 Å². The van der Waals surface area contributed by atoms with E-state index in [1.54, 1.807) is 6.20 Å². The molecule has 4 rings (SSSR count). The van der Waals surface area contributed by atoms with Crippen LogP contribution in [-0.4, -0.2) is 33.3 Å². The molecular weight excluding hydrogens is 308 g/mol. The van der Waals surface area contributed by atoms with Crippen molar-refractivity contribution in [2.75, 3.05) is 11.9 Å². The molecule has 2 unspecified atom stereocenters. The largest absolute Gasteiger partial charge is 0.381 e. The second-order valence-corrected chi connectivity index (χ2v) is 6.84. The molecule has 1 N–H and O–H groups in total. The predicted molar refractivity (Wildman–Crippen MR) is 102 cm³/mol. The van der Waals surface area contributed by atoms with Gasteiger partial charge in [0.15, 0.2) is 0 Å². The van der Waals surface area contributed by atoms with E-state index in [1.165, 1.54) is 12.0 Å². The minimum Gasteiger partial charge on any atom is -0.381 e. The van der Waals surface area contributed by atoms with Crippen molar-refractivity contribution in [3.8, 4) is 5.69 Å². The summed E-state index contributed by atoms with van der Waals surface area (Å²) in [6.45, 7) is 4.42. The Labute approximate surface area is 149 Å². The van der Waals surface area contributed by atoms with Gasteiger partial charge in [0.05, 0.1) is 5.69 Å². The fraction of sp³-hybridized carbons (Fsp3) is 0.286. The molecule has 2 heterocycles. The maximum absolute atomic E-state index is 4.31. The molecule has 2 aromatic carbocycles. The summed E-state index contributed by atoms with van der Waals surface area (Å²) in [5, 5.41) is 8.02. The van der Waals surface area contributed by atoms with E-state index in [0.29, 0.717) is 12.1 Å². The second-order valence-electron chi connectivity index (χ2n) is 6.84. The summed E-state index contributed by atoms with van der Waals surface area (Å²) in [5.74, 6) is 0. The minimum absolute atomic E-state index is 0.478. The highest BCUT2D eigenvalue weighted by Crippen LogP contribution is 2.24. The highest BCUT2D eigenvalue weighted by molar-refractivity contribution is 5.51. The average Bonchev–Trinajstić information content (AvgIpc) is 3.27. The summed E-state index contributed by atoms with van der Waals surface area (Å²) >= 11 is 0. The fourth-order valence-electron chi connectivity index (χ4n) is 3.64. The van der Waals surface area contributed by atoms with Crippen LogP contribution in [0.4, 0.5) is 5.69 Å². The number of rotatable bonds is 5. The van der Waals surface area contributed by atoms with Crippen LogP contribution in [0.2, 0.25) is 0 Å². The first-order valence-electron chi connectivity index (χ1n) is 8.92. The van der Waals surface area contributed by atoms with E-state index < -0.39 is 0 Å². The SMILES string of the molecule is CC1CC(Nc2cccc(-n3cccn3)c2)CN1Cc1ccccc1. The first-order chi connectivity index (χ1) is 12.3.